The van der Waals surface area contributed by atoms with Gasteiger partial charge >= 0.3 is 5.97 Å². The Morgan fingerprint density at radius 2 is 1.86 bits per heavy atom. The molecule has 0 aromatic heterocycles. The van der Waals surface area contributed by atoms with Crippen LogP contribution < -0.4 is 0 Å². The summed E-state index contributed by atoms with van der Waals surface area (Å²) in [4.78, 5) is 13.5. The highest BCUT2D eigenvalue weighted by Gasteiger charge is 2.25. The Hall–Kier alpha value is -0.570. The van der Waals surface area contributed by atoms with E-state index in [2.05, 4.69) is 32.7 Å². The minimum absolute atomic E-state index is 0.0704. The molecule has 0 rings (SSSR count). The predicted molar refractivity (Wildman–Crippen MR) is 58.2 cm³/mol. The molecule has 14 heavy (non-hydrogen) atoms. The van der Waals surface area contributed by atoms with Gasteiger partial charge in [-0.2, -0.15) is 0 Å². The summed E-state index contributed by atoms with van der Waals surface area (Å²) in [6.45, 7) is 8.29. The summed E-state index contributed by atoms with van der Waals surface area (Å²) in [6.07, 6.45) is 1.09. The molecule has 0 heterocycles. The Morgan fingerprint density at radius 1 is 1.36 bits per heavy atom. The average Bonchev–Trinajstić information content (AvgIpc) is 2.23. The van der Waals surface area contributed by atoms with Crippen LogP contribution in [0.15, 0.2) is 0 Å². The van der Waals surface area contributed by atoms with Gasteiger partial charge in [0.1, 0.15) is 0 Å². The number of hydrogen-bond acceptors (Lipinski definition) is 3. The van der Waals surface area contributed by atoms with E-state index in [-0.39, 0.29) is 17.9 Å². The summed E-state index contributed by atoms with van der Waals surface area (Å²) in [6, 6.07) is 0.717. The first-order valence-corrected chi connectivity index (χ1v) is 5.25. The Bertz CT molecular complexity index is 182. The number of methoxy groups -OCH3 is 1. The summed E-state index contributed by atoms with van der Waals surface area (Å²) in [5.41, 5.74) is 0. The van der Waals surface area contributed by atoms with E-state index in [4.69, 9.17) is 4.74 Å². The zero-order valence-electron chi connectivity index (χ0n) is 10.2. The van der Waals surface area contributed by atoms with Crippen LogP contribution in [0.2, 0.25) is 0 Å². The SMILES string of the molecule is CCC(C)N(C)C(C)C(C)C(=O)OC. The zero-order chi connectivity index (χ0) is 11.3. The van der Waals surface area contributed by atoms with Gasteiger partial charge < -0.3 is 9.64 Å². The van der Waals surface area contributed by atoms with Crippen molar-refractivity contribution in [2.45, 2.75) is 46.2 Å². The van der Waals surface area contributed by atoms with Crippen molar-refractivity contribution in [1.82, 2.24) is 4.90 Å². The number of carbonyl (C=O) groups excluding carboxylic acids is 1. The molecule has 3 atom stereocenters. The maximum Gasteiger partial charge on any atom is 0.309 e. The largest absolute Gasteiger partial charge is 0.469 e. The summed E-state index contributed by atoms with van der Waals surface area (Å²) in [5.74, 6) is -0.202. The molecule has 0 saturated carbocycles. The highest BCUT2D eigenvalue weighted by atomic mass is 16.5. The molecule has 0 spiro atoms. The van der Waals surface area contributed by atoms with Crippen LogP contribution in [0.1, 0.15) is 34.1 Å². The van der Waals surface area contributed by atoms with Crippen molar-refractivity contribution in [2.24, 2.45) is 5.92 Å². The van der Waals surface area contributed by atoms with E-state index in [0.717, 1.165) is 6.42 Å². The fourth-order valence-corrected chi connectivity index (χ4v) is 1.42. The minimum Gasteiger partial charge on any atom is -0.469 e. The summed E-state index contributed by atoms with van der Waals surface area (Å²) in [7, 11) is 3.49. The molecule has 0 aliphatic carbocycles. The lowest BCUT2D eigenvalue weighted by atomic mass is 10.0. The maximum absolute atomic E-state index is 11.3. The highest BCUT2D eigenvalue weighted by Crippen LogP contribution is 2.14. The number of nitrogens with zero attached hydrogens (tertiary/aromatic N) is 1. The number of rotatable bonds is 5. The van der Waals surface area contributed by atoms with Crippen molar-refractivity contribution in [3.8, 4) is 0 Å². The zero-order valence-corrected chi connectivity index (χ0v) is 10.2. The molecule has 3 heteroatoms. The van der Waals surface area contributed by atoms with Crippen molar-refractivity contribution >= 4 is 5.97 Å². The van der Waals surface area contributed by atoms with Gasteiger partial charge in [-0.15, -0.1) is 0 Å². The van der Waals surface area contributed by atoms with Crippen molar-refractivity contribution in [1.29, 1.82) is 0 Å². The molecule has 0 aromatic rings. The monoisotopic (exact) mass is 201 g/mol. The van der Waals surface area contributed by atoms with Crippen molar-refractivity contribution in [2.75, 3.05) is 14.2 Å². The van der Waals surface area contributed by atoms with Crippen molar-refractivity contribution in [3.63, 3.8) is 0 Å². The summed E-state index contributed by atoms with van der Waals surface area (Å²) < 4.78 is 4.73. The van der Waals surface area contributed by atoms with Crippen LogP contribution in [0.25, 0.3) is 0 Å². The molecule has 0 aromatic carbocycles. The summed E-state index contributed by atoms with van der Waals surface area (Å²) in [5, 5.41) is 0. The van der Waals surface area contributed by atoms with Crippen molar-refractivity contribution < 1.29 is 9.53 Å². The molecule has 84 valence electrons. The lowest BCUT2D eigenvalue weighted by Crippen LogP contribution is -2.42. The molecule has 3 unspecified atom stereocenters. The number of hydrogen-bond donors (Lipinski definition) is 0. The minimum atomic E-state index is -0.132. The van der Waals surface area contributed by atoms with E-state index in [1.807, 2.05) is 6.92 Å². The maximum atomic E-state index is 11.3. The molecule has 0 fully saturated rings. The quantitative estimate of drug-likeness (QED) is 0.636. The smallest absolute Gasteiger partial charge is 0.309 e. The van der Waals surface area contributed by atoms with Gasteiger partial charge in [-0.3, -0.25) is 4.79 Å². The second-order valence-corrected chi connectivity index (χ2v) is 3.98. The number of ether oxygens (including phenoxy) is 1. The van der Waals surface area contributed by atoms with Crippen LogP contribution in [0.5, 0.6) is 0 Å². The Balaban J connectivity index is 4.30. The Labute approximate surface area is 87.4 Å². The van der Waals surface area contributed by atoms with Gasteiger partial charge in [0.2, 0.25) is 0 Å². The Morgan fingerprint density at radius 3 is 2.21 bits per heavy atom. The van der Waals surface area contributed by atoms with Gasteiger partial charge in [-0.25, -0.2) is 0 Å². The molecule has 0 saturated heterocycles. The first-order chi connectivity index (χ1) is 6.45. The normalized spacial score (nSPS) is 17.6. The third kappa shape index (κ3) is 3.29. The molecule has 0 aliphatic heterocycles. The van der Waals surface area contributed by atoms with Crippen LogP contribution in [0.3, 0.4) is 0 Å². The predicted octanol–water partition coefficient (Wildman–Crippen LogP) is 1.91. The van der Waals surface area contributed by atoms with Gasteiger partial charge in [0.25, 0.3) is 0 Å². The summed E-state index contributed by atoms with van der Waals surface area (Å²) >= 11 is 0. The molecule has 0 amide bonds. The number of esters is 1. The van der Waals surface area contributed by atoms with E-state index in [1.165, 1.54) is 7.11 Å². The lowest BCUT2D eigenvalue weighted by molar-refractivity contribution is -0.147. The molecule has 0 bridgehead atoms. The molecule has 0 N–H and O–H groups in total. The standard InChI is InChI=1S/C11H23NO2/c1-7-8(2)12(5)10(4)9(3)11(13)14-6/h8-10H,7H2,1-6H3. The van der Waals surface area contributed by atoms with Gasteiger partial charge in [0.05, 0.1) is 13.0 Å². The first kappa shape index (κ1) is 13.4. The number of carbonyl (C=O) groups is 1. The van der Waals surface area contributed by atoms with Crippen molar-refractivity contribution in [3.05, 3.63) is 0 Å². The Kier molecular flexibility index (Phi) is 5.77. The van der Waals surface area contributed by atoms with E-state index in [9.17, 15) is 4.79 Å². The highest BCUT2D eigenvalue weighted by molar-refractivity contribution is 5.72. The second kappa shape index (κ2) is 6.02. The molecular weight excluding hydrogens is 178 g/mol. The molecule has 3 nitrogen and oxygen atoms in total. The van der Waals surface area contributed by atoms with Gasteiger partial charge in [0.15, 0.2) is 0 Å². The molecule has 0 radical (unpaired) electrons. The van der Waals surface area contributed by atoms with Crippen LogP contribution in [-0.2, 0) is 9.53 Å². The molecular formula is C11H23NO2. The molecule has 0 aliphatic rings. The van der Waals surface area contributed by atoms with Crippen LogP contribution in [0.4, 0.5) is 0 Å². The average molecular weight is 201 g/mol. The fraction of sp³-hybridized carbons (Fsp3) is 0.909. The van der Waals surface area contributed by atoms with E-state index in [1.54, 1.807) is 0 Å². The lowest BCUT2D eigenvalue weighted by Gasteiger charge is -2.32. The van der Waals surface area contributed by atoms with E-state index in [0.29, 0.717) is 6.04 Å². The van der Waals surface area contributed by atoms with Gasteiger partial charge in [-0.1, -0.05) is 13.8 Å². The van der Waals surface area contributed by atoms with E-state index >= 15 is 0 Å². The first-order valence-electron chi connectivity index (χ1n) is 5.25. The van der Waals surface area contributed by atoms with Gasteiger partial charge in [0, 0.05) is 12.1 Å². The van der Waals surface area contributed by atoms with Crippen LogP contribution in [-0.4, -0.2) is 37.1 Å². The van der Waals surface area contributed by atoms with Gasteiger partial charge in [-0.05, 0) is 27.3 Å². The third-order valence-corrected chi connectivity index (χ3v) is 3.23. The third-order valence-electron chi connectivity index (χ3n) is 3.23. The topological polar surface area (TPSA) is 29.5 Å². The van der Waals surface area contributed by atoms with E-state index < -0.39 is 0 Å². The fourth-order valence-electron chi connectivity index (χ4n) is 1.42. The second-order valence-electron chi connectivity index (χ2n) is 3.98. The van der Waals surface area contributed by atoms with Crippen LogP contribution in [0, 0.1) is 5.92 Å². The van der Waals surface area contributed by atoms with Crippen LogP contribution >= 0.6 is 0 Å².